The van der Waals surface area contributed by atoms with Crippen molar-refractivity contribution < 1.29 is 8.78 Å². The first kappa shape index (κ1) is 25.9. The van der Waals surface area contributed by atoms with E-state index in [1.165, 1.54) is 12.8 Å². The molecular weight excluding hydrogens is 438 g/mol. The molecule has 0 aliphatic carbocycles. The molecule has 0 bridgehead atoms. The van der Waals surface area contributed by atoms with Gasteiger partial charge in [-0.25, -0.2) is 8.78 Å². The lowest BCUT2D eigenvalue weighted by Gasteiger charge is -2.34. The largest absolute Gasteiger partial charge is 0.371 e. The average molecular weight is 481 g/mol. The fraction of sp³-hybridized carbons (Fsp3) is 0.548. The summed E-state index contributed by atoms with van der Waals surface area (Å²) in [5.74, 6) is 1.19. The van der Waals surface area contributed by atoms with Crippen molar-refractivity contribution in [2.45, 2.75) is 65.0 Å². The standard InChI is InChI=1S/C31H42F2N2/c1-23-6-5-17-35(21-23)24(2)27-10-12-28(13-11-27)29-14-9-26(20-30(29)32)8-7-25-15-18-34(19-16-25)22-31(3,4)33/h9-14,20,23,25H,2,5-8,15-19,21-22H2,1,3-4H3. The van der Waals surface area contributed by atoms with E-state index in [2.05, 4.69) is 41.5 Å². The van der Waals surface area contributed by atoms with E-state index in [9.17, 15) is 4.39 Å². The number of hydrogen-bond acceptors (Lipinski definition) is 2. The molecule has 2 heterocycles. The van der Waals surface area contributed by atoms with Crippen LogP contribution in [0.4, 0.5) is 8.78 Å². The summed E-state index contributed by atoms with van der Waals surface area (Å²) in [6.45, 7) is 14.5. The molecule has 2 nitrogen and oxygen atoms in total. The Bertz CT molecular complexity index is 984. The van der Waals surface area contributed by atoms with Gasteiger partial charge in [0.15, 0.2) is 0 Å². The van der Waals surface area contributed by atoms with Gasteiger partial charge in [0.05, 0.1) is 0 Å². The van der Waals surface area contributed by atoms with Crippen molar-refractivity contribution in [3.05, 3.63) is 66.0 Å². The highest BCUT2D eigenvalue weighted by molar-refractivity contribution is 5.69. The van der Waals surface area contributed by atoms with Crippen molar-refractivity contribution in [1.29, 1.82) is 0 Å². The van der Waals surface area contributed by atoms with Crippen molar-refractivity contribution in [2.24, 2.45) is 11.8 Å². The molecule has 0 N–H and O–H groups in total. The van der Waals surface area contributed by atoms with Gasteiger partial charge < -0.3 is 9.80 Å². The van der Waals surface area contributed by atoms with E-state index in [0.717, 1.165) is 74.2 Å². The Morgan fingerprint density at radius 2 is 1.74 bits per heavy atom. The van der Waals surface area contributed by atoms with Crippen molar-refractivity contribution in [1.82, 2.24) is 9.80 Å². The number of halogens is 2. The summed E-state index contributed by atoms with van der Waals surface area (Å²) in [5.41, 5.74) is 3.66. The van der Waals surface area contributed by atoms with E-state index in [1.807, 2.05) is 18.2 Å². The molecule has 4 heteroatoms. The highest BCUT2D eigenvalue weighted by Crippen LogP contribution is 2.30. The van der Waals surface area contributed by atoms with Crippen LogP contribution in [0.5, 0.6) is 0 Å². The van der Waals surface area contributed by atoms with Crippen molar-refractivity contribution >= 4 is 5.70 Å². The molecule has 0 aromatic heterocycles. The molecule has 0 radical (unpaired) electrons. The molecule has 190 valence electrons. The summed E-state index contributed by atoms with van der Waals surface area (Å²) in [4.78, 5) is 4.61. The number of nitrogens with zero attached hydrogens (tertiary/aromatic N) is 2. The van der Waals surface area contributed by atoms with E-state index < -0.39 is 5.67 Å². The zero-order valence-electron chi connectivity index (χ0n) is 21.8. The predicted octanol–water partition coefficient (Wildman–Crippen LogP) is 7.59. The second-order valence-corrected chi connectivity index (χ2v) is 11.5. The normalized spacial score (nSPS) is 20.3. The first-order valence-corrected chi connectivity index (χ1v) is 13.4. The maximum atomic E-state index is 15.0. The third-order valence-electron chi connectivity index (χ3n) is 7.75. The fourth-order valence-corrected chi connectivity index (χ4v) is 5.74. The molecule has 2 aromatic rings. The second kappa shape index (κ2) is 11.2. The summed E-state index contributed by atoms with van der Waals surface area (Å²) in [7, 11) is 0. The van der Waals surface area contributed by atoms with Crippen LogP contribution in [0.25, 0.3) is 16.8 Å². The van der Waals surface area contributed by atoms with Gasteiger partial charge in [-0.2, -0.15) is 0 Å². The van der Waals surface area contributed by atoms with Crippen LogP contribution < -0.4 is 0 Å². The van der Waals surface area contributed by atoms with E-state index in [-0.39, 0.29) is 5.82 Å². The first-order valence-electron chi connectivity index (χ1n) is 13.4. The van der Waals surface area contributed by atoms with E-state index in [0.29, 0.717) is 23.9 Å². The summed E-state index contributed by atoms with van der Waals surface area (Å²) in [6, 6.07) is 13.9. The van der Waals surface area contributed by atoms with Crippen LogP contribution in [-0.4, -0.2) is 48.2 Å². The Morgan fingerprint density at radius 1 is 1.03 bits per heavy atom. The third-order valence-corrected chi connectivity index (χ3v) is 7.75. The number of aryl methyl sites for hydroxylation is 1. The van der Waals surface area contributed by atoms with Crippen LogP contribution >= 0.6 is 0 Å². The SMILES string of the molecule is C=C(c1ccc(-c2ccc(CCC3CCN(CC(C)(C)F)CC3)cc2F)cc1)N1CCCC(C)C1. The van der Waals surface area contributed by atoms with Crippen LogP contribution in [0.2, 0.25) is 0 Å². The lowest BCUT2D eigenvalue weighted by atomic mass is 9.89. The van der Waals surface area contributed by atoms with Gasteiger partial charge in [-0.05, 0) is 100 Å². The minimum Gasteiger partial charge on any atom is -0.371 e. The number of benzene rings is 2. The Labute approximate surface area is 211 Å². The fourth-order valence-electron chi connectivity index (χ4n) is 5.74. The maximum Gasteiger partial charge on any atom is 0.131 e. The maximum absolute atomic E-state index is 15.0. The summed E-state index contributed by atoms with van der Waals surface area (Å²) >= 11 is 0. The van der Waals surface area contributed by atoms with Gasteiger partial charge in [0.25, 0.3) is 0 Å². The van der Waals surface area contributed by atoms with Crippen LogP contribution in [0.3, 0.4) is 0 Å². The number of likely N-dealkylation sites (tertiary alicyclic amines) is 2. The smallest absolute Gasteiger partial charge is 0.131 e. The van der Waals surface area contributed by atoms with Gasteiger partial charge in [0, 0.05) is 30.9 Å². The topological polar surface area (TPSA) is 6.48 Å². The Morgan fingerprint density at radius 3 is 2.37 bits per heavy atom. The van der Waals surface area contributed by atoms with Gasteiger partial charge in [-0.3, -0.25) is 0 Å². The van der Waals surface area contributed by atoms with Crippen LogP contribution in [0.15, 0.2) is 49.0 Å². The highest BCUT2D eigenvalue weighted by Gasteiger charge is 2.25. The van der Waals surface area contributed by atoms with E-state index in [1.54, 1.807) is 19.9 Å². The number of hydrogen-bond donors (Lipinski definition) is 0. The molecule has 0 amide bonds. The van der Waals surface area contributed by atoms with Crippen molar-refractivity contribution in [3.63, 3.8) is 0 Å². The van der Waals surface area contributed by atoms with Crippen LogP contribution in [0.1, 0.15) is 64.0 Å². The third kappa shape index (κ3) is 7.16. The van der Waals surface area contributed by atoms with E-state index in [4.69, 9.17) is 0 Å². The second-order valence-electron chi connectivity index (χ2n) is 11.5. The van der Waals surface area contributed by atoms with E-state index >= 15 is 4.39 Å². The van der Waals surface area contributed by atoms with Gasteiger partial charge in [0.1, 0.15) is 11.5 Å². The van der Waals surface area contributed by atoms with Crippen molar-refractivity contribution in [2.75, 3.05) is 32.7 Å². The molecule has 0 spiro atoms. The van der Waals surface area contributed by atoms with Gasteiger partial charge >= 0.3 is 0 Å². The van der Waals surface area contributed by atoms with Crippen LogP contribution in [-0.2, 0) is 6.42 Å². The Hall–Kier alpha value is -2.20. The molecule has 1 atom stereocenters. The Balaban J connectivity index is 1.31. The summed E-state index contributed by atoms with van der Waals surface area (Å²) in [5, 5.41) is 0. The molecule has 2 aliphatic heterocycles. The zero-order chi connectivity index (χ0) is 25.0. The molecule has 4 rings (SSSR count). The molecule has 2 fully saturated rings. The summed E-state index contributed by atoms with van der Waals surface area (Å²) in [6.07, 6.45) is 6.67. The highest BCUT2D eigenvalue weighted by atomic mass is 19.1. The Kier molecular flexibility index (Phi) is 8.31. The monoisotopic (exact) mass is 480 g/mol. The number of piperidine rings is 2. The first-order chi connectivity index (χ1) is 16.7. The number of alkyl halides is 1. The van der Waals surface area contributed by atoms with Crippen LogP contribution in [0, 0.1) is 17.7 Å². The summed E-state index contributed by atoms with van der Waals surface area (Å²) < 4.78 is 28.9. The zero-order valence-corrected chi connectivity index (χ0v) is 21.8. The average Bonchev–Trinajstić information content (AvgIpc) is 2.82. The molecule has 2 aromatic carbocycles. The van der Waals surface area contributed by atoms with Gasteiger partial charge in [0.2, 0.25) is 0 Å². The minimum atomic E-state index is -1.13. The van der Waals surface area contributed by atoms with Crippen molar-refractivity contribution in [3.8, 4) is 11.1 Å². The van der Waals surface area contributed by atoms with Gasteiger partial charge in [-0.15, -0.1) is 0 Å². The van der Waals surface area contributed by atoms with Gasteiger partial charge in [-0.1, -0.05) is 49.9 Å². The minimum absolute atomic E-state index is 0.154. The lowest BCUT2D eigenvalue weighted by molar-refractivity contribution is 0.0943. The molecular formula is C31H42F2N2. The quantitative estimate of drug-likeness (QED) is 0.384. The molecule has 2 saturated heterocycles. The molecule has 2 aliphatic rings. The predicted molar refractivity (Wildman–Crippen MR) is 144 cm³/mol. The molecule has 0 saturated carbocycles. The molecule has 35 heavy (non-hydrogen) atoms. The lowest BCUT2D eigenvalue weighted by Crippen LogP contribution is -2.41. The molecule has 1 unspecified atom stereocenters. The number of rotatable bonds is 8.